The van der Waals surface area contributed by atoms with Gasteiger partial charge in [0.1, 0.15) is 0 Å². The van der Waals surface area contributed by atoms with Gasteiger partial charge in [-0.1, -0.05) is 0 Å². The van der Waals surface area contributed by atoms with E-state index in [1.54, 1.807) is 0 Å². The summed E-state index contributed by atoms with van der Waals surface area (Å²) in [5, 5.41) is 15.5. The minimum Gasteiger partial charge on any atom is -1.00 e. The maximum absolute atomic E-state index is 7.74. The molecule has 1 aliphatic heterocycles. The molecule has 1 saturated heterocycles. The van der Waals surface area contributed by atoms with E-state index in [1.165, 1.54) is 0 Å². The molecule has 0 unspecified atom stereocenters. The Bertz CT molecular complexity index is 49.7. The van der Waals surface area contributed by atoms with Crippen LogP contribution in [-0.4, -0.2) is 16.4 Å². The molecule has 0 saturated carbocycles. The summed E-state index contributed by atoms with van der Waals surface area (Å²) in [6, 6.07) is 0. The fourth-order valence-corrected chi connectivity index (χ4v) is 0.0373. The van der Waals surface area contributed by atoms with Crippen LogP contribution < -0.4 is 51.4 Å². The molecule has 0 bridgehead atoms. The second-order valence-electron chi connectivity index (χ2n) is 0.715. The van der Waals surface area contributed by atoms with Gasteiger partial charge in [0.25, 0.3) is 0 Å². The molecule has 4 nitrogen and oxygen atoms in total. The predicted molar refractivity (Wildman–Crippen MR) is 10.5 cm³/mol. The molecule has 0 aromatic heterocycles. The molecule has 5 heteroatoms. The molecule has 32 valence electrons. The molecule has 0 radical (unpaired) electrons. The van der Waals surface area contributed by atoms with Crippen LogP contribution in [0.1, 0.15) is 1.43 Å². The Kier molecular flexibility index (Phi) is 2.70. The van der Waals surface area contributed by atoms with Gasteiger partial charge in [0, 0.05) is 0 Å². The Balaban J connectivity index is 0. The zero-order chi connectivity index (χ0) is 3.91. The van der Waals surface area contributed by atoms with E-state index in [4.69, 9.17) is 10.2 Å². The van der Waals surface area contributed by atoms with Gasteiger partial charge in [-0.15, -0.1) is 9.78 Å². The molecular weight excluding hydrogens is 115 g/mol. The Morgan fingerprint density at radius 1 is 1.33 bits per heavy atom. The van der Waals surface area contributed by atoms with Crippen LogP contribution in [0.3, 0.4) is 0 Å². The number of hydrogen-bond acceptors (Lipinski definition) is 4. The van der Waals surface area contributed by atoms with Gasteiger partial charge < -0.3 is 11.6 Å². The summed E-state index contributed by atoms with van der Waals surface area (Å²) >= 11 is 0. The van der Waals surface area contributed by atoms with Crippen molar-refractivity contribution in [3.05, 3.63) is 0 Å². The zero-order valence-corrected chi connectivity index (χ0v) is 6.33. The van der Waals surface area contributed by atoms with Crippen molar-refractivity contribution in [1.29, 1.82) is 0 Å². The number of hydrogen-bond donors (Lipinski definition) is 2. The molecule has 0 aromatic rings. The largest absolute Gasteiger partial charge is 1.00 e. The van der Waals surface area contributed by atoms with Crippen LogP contribution in [0.2, 0.25) is 0 Å². The minimum atomic E-state index is -2.25. The first-order valence-corrected chi connectivity index (χ1v) is 1.02. The third-order valence-electron chi connectivity index (χ3n) is 0.232. The average Bonchev–Trinajstić information content (AvgIpc) is 1.76. The van der Waals surface area contributed by atoms with E-state index >= 15 is 0 Å². The van der Waals surface area contributed by atoms with Crippen LogP contribution in [-0.2, 0) is 9.78 Å². The Hall–Kier alpha value is 1.48. The van der Waals surface area contributed by atoms with Gasteiger partial charge in [-0.2, -0.15) is 0 Å². The zero-order valence-electron chi connectivity index (χ0n) is 4.21. The summed E-state index contributed by atoms with van der Waals surface area (Å²) in [5.74, 6) is 0. The molecule has 2 N–H and O–H groups in total. The summed E-state index contributed by atoms with van der Waals surface area (Å²) in [7, 11) is 0. The minimum absolute atomic E-state index is 0. The van der Waals surface area contributed by atoms with Crippen molar-refractivity contribution in [2.75, 3.05) is 0 Å². The quantitative estimate of drug-likeness (QED) is 0.146. The Morgan fingerprint density at radius 2 is 1.50 bits per heavy atom. The smallest absolute Gasteiger partial charge is 1.00 e. The van der Waals surface area contributed by atoms with Crippen LogP contribution in [0.5, 0.6) is 0 Å². The predicted octanol–water partition coefficient (Wildman–Crippen LogP) is -4.34. The monoisotopic (exact) mass is 118 g/mol. The second kappa shape index (κ2) is 2.16. The molecule has 1 heterocycles. The van der Waals surface area contributed by atoms with E-state index in [0.717, 1.165) is 0 Å². The molecule has 0 aliphatic carbocycles. The van der Waals surface area contributed by atoms with Crippen molar-refractivity contribution in [1.82, 2.24) is 0 Å². The first-order valence-electron chi connectivity index (χ1n) is 1.02. The van der Waals surface area contributed by atoms with Gasteiger partial charge >= 0.3 is 57.5 Å². The normalized spacial score (nSPS) is 25.0. The van der Waals surface area contributed by atoms with Crippen LogP contribution >= 0.6 is 0 Å². The van der Waals surface area contributed by atoms with E-state index in [0.29, 0.717) is 0 Å². The van der Waals surface area contributed by atoms with E-state index < -0.39 is 6.16 Å². The summed E-state index contributed by atoms with van der Waals surface area (Å²) in [6.07, 6.45) is -2.25. The molecule has 6 heavy (non-hydrogen) atoms. The Morgan fingerprint density at radius 3 is 1.50 bits per heavy atom. The SMILES string of the molecule is OC1(O)OO1.[H-].[K+]. The third-order valence-corrected chi connectivity index (χ3v) is 0.232. The van der Waals surface area contributed by atoms with E-state index in [9.17, 15) is 0 Å². The molecular formula is CH3KO4. The maximum Gasteiger partial charge on any atom is 1.00 e. The van der Waals surface area contributed by atoms with Gasteiger partial charge in [-0.05, 0) is 0 Å². The summed E-state index contributed by atoms with van der Waals surface area (Å²) in [6.45, 7) is 0. The fraction of sp³-hybridized carbons (Fsp3) is 1.00. The first kappa shape index (κ1) is 7.48. The third kappa shape index (κ3) is 2.62. The van der Waals surface area contributed by atoms with E-state index in [1.807, 2.05) is 0 Å². The molecule has 0 aromatic carbocycles. The van der Waals surface area contributed by atoms with Gasteiger partial charge in [-0.25, -0.2) is 0 Å². The number of aliphatic hydroxyl groups is 2. The van der Waals surface area contributed by atoms with Crippen molar-refractivity contribution in [2.24, 2.45) is 0 Å². The summed E-state index contributed by atoms with van der Waals surface area (Å²) in [5.41, 5.74) is 0. The topological polar surface area (TPSA) is 65.5 Å². The van der Waals surface area contributed by atoms with E-state index in [-0.39, 0.29) is 52.8 Å². The molecule has 0 amide bonds. The van der Waals surface area contributed by atoms with Gasteiger partial charge in [0.05, 0.1) is 0 Å². The molecule has 1 aliphatic rings. The van der Waals surface area contributed by atoms with Crippen LogP contribution in [0.15, 0.2) is 0 Å². The van der Waals surface area contributed by atoms with E-state index in [2.05, 4.69) is 9.78 Å². The fourth-order valence-electron chi connectivity index (χ4n) is 0.0373. The van der Waals surface area contributed by atoms with Crippen molar-refractivity contribution in [3.8, 4) is 0 Å². The van der Waals surface area contributed by atoms with Crippen molar-refractivity contribution in [3.63, 3.8) is 0 Å². The van der Waals surface area contributed by atoms with Crippen LogP contribution in [0.4, 0.5) is 0 Å². The van der Waals surface area contributed by atoms with Crippen LogP contribution in [0, 0.1) is 0 Å². The standard InChI is InChI=1S/CH2O4.K.H/c2-1(3)4-5-1;;/h2-3H;;/q;+1;-1. The van der Waals surface area contributed by atoms with Gasteiger partial charge in [-0.3, -0.25) is 0 Å². The molecule has 0 spiro atoms. The van der Waals surface area contributed by atoms with Crippen molar-refractivity contribution in [2.45, 2.75) is 6.16 Å². The van der Waals surface area contributed by atoms with Crippen molar-refractivity contribution >= 4 is 0 Å². The molecule has 0 atom stereocenters. The number of rotatable bonds is 0. The average molecular weight is 118 g/mol. The van der Waals surface area contributed by atoms with Crippen LogP contribution in [0.25, 0.3) is 0 Å². The second-order valence-corrected chi connectivity index (χ2v) is 0.715. The summed E-state index contributed by atoms with van der Waals surface area (Å²) in [4.78, 5) is 7.01. The molecule has 1 rings (SSSR count). The maximum atomic E-state index is 7.74. The van der Waals surface area contributed by atoms with Crippen molar-refractivity contribution < 1.29 is 72.8 Å². The first-order chi connectivity index (χ1) is 2.21. The molecule has 1 fully saturated rings. The summed E-state index contributed by atoms with van der Waals surface area (Å²) < 4.78 is 0. The van der Waals surface area contributed by atoms with Gasteiger partial charge in [0.15, 0.2) is 0 Å². The Labute approximate surface area is 77.9 Å². The van der Waals surface area contributed by atoms with Gasteiger partial charge in [0.2, 0.25) is 0 Å².